The van der Waals surface area contributed by atoms with Crippen molar-refractivity contribution in [1.29, 1.82) is 0 Å². The van der Waals surface area contributed by atoms with E-state index < -0.39 is 5.97 Å². The minimum atomic E-state index is -0.935. The third-order valence-corrected chi connectivity index (χ3v) is 1.58. The number of aliphatic imine (C=N–C) groups is 1. The van der Waals surface area contributed by atoms with Crippen LogP contribution in [0.3, 0.4) is 0 Å². The summed E-state index contributed by atoms with van der Waals surface area (Å²) in [6.45, 7) is -0.202. The van der Waals surface area contributed by atoms with Gasteiger partial charge in [0.2, 0.25) is 0 Å². The van der Waals surface area contributed by atoms with E-state index in [2.05, 4.69) is 4.99 Å². The van der Waals surface area contributed by atoms with Crippen LogP contribution in [0.25, 0.3) is 0 Å². The van der Waals surface area contributed by atoms with Gasteiger partial charge in [-0.3, -0.25) is 9.79 Å². The Morgan fingerprint density at radius 1 is 1.47 bits per heavy atom. The Morgan fingerprint density at radius 2 is 2.07 bits per heavy atom. The molecule has 1 rings (SSSR count). The Bertz CT molecular complexity index is 335. The van der Waals surface area contributed by atoms with Crippen LogP contribution >= 0.6 is 0 Å². The molecule has 0 amide bonds. The third kappa shape index (κ3) is 5.57. The van der Waals surface area contributed by atoms with E-state index in [-0.39, 0.29) is 36.1 Å². The standard InChI is InChI=1S/C10H11NO3.Na.H/c1-14-9-4-2-8(3-5-9)6-11-7-10(12)13;;/h2-6H,7H2,1H3,(H,12,13);;. The van der Waals surface area contributed by atoms with E-state index in [1.165, 1.54) is 6.21 Å². The van der Waals surface area contributed by atoms with Gasteiger partial charge in [0.15, 0.2) is 0 Å². The molecule has 0 fully saturated rings. The van der Waals surface area contributed by atoms with Crippen LogP contribution in [0.15, 0.2) is 29.3 Å². The summed E-state index contributed by atoms with van der Waals surface area (Å²) < 4.78 is 4.97. The van der Waals surface area contributed by atoms with Crippen molar-refractivity contribution >= 4 is 41.7 Å². The fourth-order valence-electron chi connectivity index (χ4n) is 0.919. The van der Waals surface area contributed by atoms with E-state index in [1.807, 2.05) is 12.1 Å². The quantitative estimate of drug-likeness (QED) is 0.592. The van der Waals surface area contributed by atoms with Crippen molar-refractivity contribution < 1.29 is 14.6 Å². The van der Waals surface area contributed by atoms with Crippen molar-refractivity contribution in [2.24, 2.45) is 4.99 Å². The Labute approximate surface area is 110 Å². The van der Waals surface area contributed by atoms with Gasteiger partial charge in [-0.1, -0.05) is 0 Å². The topological polar surface area (TPSA) is 58.9 Å². The van der Waals surface area contributed by atoms with E-state index in [0.717, 1.165) is 11.3 Å². The van der Waals surface area contributed by atoms with Crippen molar-refractivity contribution in [2.45, 2.75) is 0 Å². The van der Waals surface area contributed by atoms with Gasteiger partial charge in [-0.05, 0) is 29.8 Å². The number of aliphatic carboxylic acids is 1. The summed E-state index contributed by atoms with van der Waals surface area (Å²) in [6.07, 6.45) is 1.52. The second-order valence-electron chi connectivity index (χ2n) is 2.64. The van der Waals surface area contributed by atoms with Gasteiger partial charge in [0.1, 0.15) is 12.3 Å². The Kier molecular flexibility index (Phi) is 7.03. The molecule has 0 atom stereocenters. The predicted octanol–water partition coefficient (Wildman–Crippen LogP) is 0.550. The average Bonchev–Trinajstić information content (AvgIpc) is 2.18. The third-order valence-electron chi connectivity index (χ3n) is 1.58. The van der Waals surface area contributed by atoms with E-state index in [4.69, 9.17) is 9.84 Å². The van der Waals surface area contributed by atoms with Gasteiger partial charge in [-0.25, -0.2) is 0 Å². The number of carbonyl (C=O) groups is 1. The molecule has 0 aliphatic heterocycles. The zero-order valence-electron chi connectivity index (χ0n) is 7.80. The number of carboxylic acids is 1. The first kappa shape index (κ1) is 14.2. The van der Waals surface area contributed by atoms with Crippen molar-refractivity contribution in [3.63, 3.8) is 0 Å². The maximum absolute atomic E-state index is 10.2. The molecule has 0 saturated heterocycles. The second-order valence-corrected chi connectivity index (χ2v) is 2.64. The van der Waals surface area contributed by atoms with Gasteiger partial charge in [-0.15, -0.1) is 0 Å². The van der Waals surface area contributed by atoms with Crippen LogP contribution in [0.5, 0.6) is 5.75 Å². The molecule has 0 spiro atoms. The molecule has 5 heteroatoms. The van der Waals surface area contributed by atoms with E-state index in [0.29, 0.717) is 0 Å². The van der Waals surface area contributed by atoms with Crippen LogP contribution < -0.4 is 4.74 Å². The van der Waals surface area contributed by atoms with Gasteiger partial charge >= 0.3 is 35.5 Å². The minimum absolute atomic E-state index is 0. The molecular formula is C10H12NNaO3. The summed E-state index contributed by atoms with van der Waals surface area (Å²) in [7, 11) is 1.59. The molecule has 1 N–H and O–H groups in total. The summed E-state index contributed by atoms with van der Waals surface area (Å²) in [5.74, 6) is -0.171. The molecule has 76 valence electrons. The zero-order chi connectivity index (χ0) is 10.4. The Morgan fingerprint density at radius 3 is 2.53 bits per heavy atom. The summed E-state index contributed by atoms with van der Waals surface area (Å²) in [4.78, 5) is 13.9. The molecule has 0 radical (unpaired) electrons. The van der Waals surface area contributed by atoms with E-state index >= 15 is 0 Å². The SMILES string of the molecule is COc1ccc(C=NCC(=O)O)cc1.[NaH]. The van der Waals surface area contributed by atoms with Crippen molar-refractivity contribution in [3.05, 3.63) is 29.8 Å². The number of methoxy groups -OCH3 is 1. The molecule has 0 aromatic heterocycles. The average molecular weight is 217 g/mol. The summed E-state index contributed by atoms with van der Waals surface area (Å²) in [5, 5.41) is 8.34. The van der Waals surface area contributed by atoms with Crippen molar-refractivity contribution in [2.75, 3.05) is 13.7 Å². The van der Waals surface area contributed by atoms with Crippen LogP contribution in [0.2, 0.25) is 0 Å². The molecule has 0 aliphatic carbocycles. The molecule has 0 heterocycles. The van der Waals surface area contributed by atoms with Gasteiger partial charge in [0.05, 0.1) is 7.11 Å². The maximum atomic E-state index is 10.2. The van der Waals surface area contributed by atoms with Crippen LogP contribution in [0.4, 0.5) is 0 Å². The molecule has 4 nitrogen and oxygen atoms in total. The fraction of sp³-hybridized carbons (Fsp3) is 0.200. The number of ether oxygens (including phenoxy) is 1. The number of hydrogen-bond donors (Lipinski definition) is 1. The van der Waals surface area contributed by atoms with Crippen LogP contribution in [0, 0.1) is 0 Å². The van der Waals surface area contributed by atoms with Gasteiger partial charge < -0.3 is 9.84 Å². The molecular weight excluding hydrogens is 205 g/mol. The number of benzene rings is 1. The molecule has 15 heavy (non-hydrogen) atoms. The van der Waals surface area contributed by atoms with E-state index in [9.17, 15) is 4.79 Å². The molecule has 1 aromatic carbocycles. The summed E-state index contributed by atoms with van der Waals surface area (Å²) in [6, 6.07) is 7.21. The van der Waals surface area contributed by atoms with Crippen molar-refractivity contribution in [3.8, 4) is 5.75 Å². The van der Waals surface area contributed by atoms with Crippen LogP contribution in [0.1, 0.15) is 5.56 Å². The van der Waals surface area contributed by atoms with Crippen molar-refractivity contribution in [1.82, 2.24) is 0 Å². The van der Waals surface area contributed by atoms with Gasteiger partial charge in [0, 0.05) is 6.21 Å². The normalized spacial score (nSPS) is 9.67. The molecule has 0 saturated carbocycles. The first-order valence-electron chi connectivity index (χ1n) is 4.08. The first-order valence-corrected chi connectivity index (χ1v) is 4.08. The Hall–Kier alpha value is -0.840. The summed E-state index contributed by atoms with van der Waals surface area (Å²) in [5.41, 5.74) is 0.854. The number of rotatable bonds is 4. The van der Waals surface area contributed by atoms with Crippen LogP contribution in [-0.2, 0) is 4.79 Å². The fourth-order valence-corrected chi connectivity index (χ4v) is 0.919. The zero-order valence-corrected chi connectivity index (χ0v) is 7.80. The van der Waals surface area contributed by atoms with Gasteiger partial charge in [0.25, 0.3) is 0 Å². The van der Waals surface area contributed by atoms with E-state index in [1.54, 1.807) is 19.2 Å². The first-order chi connectivity index (χ1) is 6.72. The molecule has 1 aromatic rings. The summed E-state index contributed by atoms with van der Waals surface area (Å²) >= 11 is 0. The predicted molar refractivity (Wildman–Crippen MR) is 60.2 cm³/mol. The molecule has 0 bridgehead atoms. The monoisotopic (exact) mass is 217 g/mol. The molecule has 0 aliphatic rings. The number of hydrogen-bond acceptors (Lipinski definition) is 3. The van der Waals surface area contributed by atoms with Crippen LogP contribution in [-0.4, -0.2) is 60.5 Å². The second kappa shape index (κ2) is 7.45. The Balaban J connectivity index is 0.00000196. The number of carboxylic acid groups (broad SMARTS) is 1. The van der Waals surface area contributed by atoms with Gasteiger partial charge in [-0.2, -0.15) is 0 Å². The molecule has 0 unspecified atom stereocenters. The number of nitrogens with zero attached hydrogens (tertiary/aromatic N) is 1.